The van der Waals surface area contributed by atoms with Crippen LogP contribution < -0.4 is 0 Å². The topological polar surface area (TPSA) is 56.0 Å². The third-order valence-corrected chi connectivity index (χ3v) is 4.36. The minimum absolute atomic E-state index is 0.0854. The largest absolute Gasteiger partial charge is 0.269 e. The number of pyridine rings is 1. The maximum atomic E-state index is 10.5. The van der Waals surface area contributed by atoms with Crippen molar-refractivity contribution >= 4 is 49.3 Å². The van der Waals surface area contributed by atoms with Crippen LogP contribution in [0.1, 0.15) is 0 Å². The van der Waals surface area contributed by atoms with Crippen molar-refractivity contribution in [3.8, 4) is 0 Å². The summed E-state index contributed by atoms with van der Waals surface area (Å²) >= 11 is 8.19. The highest BCUT2D eigenvalue weighted by molar-refractivity contribution is 9.11. The lowest BCUT2D eigenvalue weighted by Crippen LogP contribution is -1.87. The van der Waals surface area contributed by atoms with E-state index in [9.17, 15) is 10.1 Å². The highest BCUT2D eigenvalue weighted by atomic mass is 79.9. The van der Waals surface area contributed by atoms with Gasteiger partial charge in [0.25, 0.3) is 5.69 Å². The van der Waals surface area contributed by atoms with E-state index in [2.05, 4.69) is 36.8 Å². The molecule has 1 aromatic heterocycles. The molecule has 0 unspecified atom stereocenters. The second kappa shape index (κ2) is 5.81. The molecule has 0 saturated carbocycles. The number of hydrogen-bond acceptors (Lipinski definition) is 4. The van der Waals surface area contributed by atoms with Gasteiger partial charge in [0.05, 0.1) is 9.40 Å². The quantitative estimate of drug-likeness (QED) is 0.565. The summed E-state index contributed by atoms with van der Waals surface area (Å²) in [6.45, 7) is 0. The lowest BCUT2D eigenvalue weighted by atomic mass is 10.3. The van der Waals surface area contributed by atoms with Crippen LogP contribution in [0.3, 0.4) is 0 Å². The molecule has 0 atom stereocenters. The monoisotopic (exact) mass is 388 g/mol. The Morgan fingerprint density at radius 3 is 2.44 bits per heavy atom. The number of nitro benzene ring substituents is 1. The van der Waals surface area contributed by atoms with Crippen LogP contribution in [-0.2, 0) is 0 Å². The lowest BCUT2D eigenvalue weighted by Gasteiger charge is -2.03. The van der Waals surface area contributed by atoms with Crippen LogP contribution >= 0.6 is 43.6 Å². The van der Waals surface area contributed by atoms with E-state index >= 15 is 0 Å². The molecular formula is C11H6Br2N2O2S. The third kappa shape index (κ3) is 3.30. The Balaban J connectivity index is 2.21. The van der Waals surface area contributed by atoms with E-state index in [1.165, 1.54) is 23.9 Å². The summed E-state index contributed by atoms with van der Waals surface area (Å²) in [5.41, 5.74) is 0.0854. The number of rotatable bonds is 3. The van der Waals surface area contributed by atoms with Gasteiger partial charge in [0.2, 0.25) is 0 Å². The third-order valence-electron chi connectivity index (χ3n) is 2.04. The number of aromatic nitrogens is 1. The first-order chi connectivity index (χ1) is 8.56. The summed E-state index contributed by atoms with van der Waals surface area (Å²) in [6.07, 6.45) is 1.71. The van der Waals surface area contributed by atoms with Crippen LogP contribution in [0.25, 0.3) is 0 Å². The Morgan fingerprint density at radius 1 is 1.22 bits per heavy atom. The van der Waals surface area contributed by atoms with Crippen LogP contribution in [0.5, 0.6) is 0 Å². The van der Waals surface area contributed by atoms with Gasteiger partial charge in [0, 0.05) is 27.7 Å². The minimum atomic E-state index is -0.414. The Kier molecular flexibility index (Phi) is 4.36. The van der Waals surface area contributed by atoms with Gasteiger partial charge in [-0.15, -0.1) is 0 Å². The second-order valence-electron chi connectivity index (χ2n) is 3.29. The van der Waals surface area contributed by atoms with Gasteiger partial charge in [0.15, 0.2) is 0 Å². The van der Waals surface area contributed by atoms with Gasteiger partial charge in [-0.3, -0.25) is 10.1 Å². The van der Waals surface area contributed by atoms with E-state index in [0.29, 0.717) is 0 Å². The van der Waals surface area contributed by atoms with E-state index in [1.807, 2.05) is 6.07 Å². The van der Waals surface area contributed by atoms with Crippen LogP contribution in [0.4, 0.5) is 5.69 Å². The van der Waals surface area contributed by atoms with Crippen molar-refractivity contribution in [3.05, 3.63) is 55.6 Å². The van der Waals surface area contributed by atoms with Crippen molar-refractivity contribution in [2.75, 3.05) is 0 Å². The van der Waals surface area contributed by atoms with Crippen molar-refractivity contribution in [3.63, 3.8) is 0 Å². The molecule has 1 heterocycles. The number of nitrogens with zero attached hydrogens (tertiary/aromatic N) is 2. The molecule has 0 radical (unpaired) electrons. The molecule has 0 aliphatic carbocycles. The van der Waals surface area contributed by atoms with Gasteiger partial charge in [0.1, 0.15) is 5.03 Å². The van der Waals surface area contributed by atoms with E-state index in [-0.39, 0.29) is 5.69 Å². The fraction of sp³-hybridized carbons (Fsp3) is 0. The van der Waals surface area contributed by atoms with Crippen molar-refractivity contribution < 1.29 is 4.92 Å². The first-order valence-electron chi connectivity index (χ1n) is 4.79. The second-order valence-corrected chi connectivity index (χ2v) is 6.13. The van der Waals surface area contributed by atoms with Gasteiger partial charge in [-0.05, 0) is 50.1 Å². The van der Waals surface area contributed by atoms with Gasteiger partial charge < -0.3 is 0 Å². The number of hydrogen-bond donors (Lipinski definition) is 0. The molecule has 2 rings (SSSR count). The summed E-state index contributed by atoms with van der Waals surface area (Å²) in [6, 6.07) is 8.28. The van der Waals surface area contributed by atoms with Gasteiger partial charge in [-0.25, -0.2) is 4.98 Å². The average Bonchev–Trinajstić information content (AvgIpc) is 2.33. The number of benzene rings is 1. The Labute approximate surface area is 124 Å². The molecule has 0 spiro atoms. The summed E-state index contributed by atoms with van der Waals surface area (Å²) < 4.78 is 1.77. The SMILES string of the molecule is O=[N+]([O-])c1ccc(Sc2ncc(Br)cc2Br)cc1. The van der Waals surface area contributed by atoms with E-state index in [0.717, 1.165) is 18.9 Å². The van der Waals surface area contributed by atoms with Crippen molar-refractivity contribution in [1.29, 1.82) is 0 Å². The highest BCUT2D eigenvalue weighted by Gasteiger charge is 2.07. The van der Waals surface area contributed by atoms with E-state index in [4.69, 9.17) is 0 Å². The van der Waals surface area contributed by atoms with E-state index < -0.39 is 4.92 Å². The number of halogens is 2. The van der Waals surface area contributed by atoms with E-state index in [1.54, 1.807) is 18.3 Å². The molecule has 18 heavy (non-hydrogen) atoms. The summed E-state index contributed by atoms with van der Waals surface area (Å²) in [5, 5.41) is 11.3. The van der Waals surface area contributed by atoms with Gasteiger partial charge in [-0.1, -0.05) is 11.8 Å². The van der Waals surface area contributed by atoms with Crippen molar-refractivity contribution in [2.45, 2.75) is 9.92 Å². The van der Waals surface area contributed by atoms with Crippen molar-refractivity contribution in [1.82, 2.24) is 4.98 Å². The first kappa shape index (κ1) is 13.5. The predicted molar refractivity (Wildman–Crippen MR) is 76.9 cm³/mol. The predicted octanol–water partition coefficient (Wildman–Crippen LogP) is 4.67. The molecule has 0 amide bonds. The lowest BCUT2D eigenvalue weighted by molar-refractivity contribution is -0.384. The fourth-order valence-corrected chi connectivity index (χ4v) is 3.21. The molecule has 7 heteroatoms. The molecule has 0 fully saturated rings. The van der Waals surface area contributed by atoms with Crippen LogP contribution in [-0.4, -0.2) is 9.91 Å². The average molecular weight is 390 g/mol. The maximum Gasteiger partial charge on any atom is 0.269 e. The molecule has 0 aliphatic heterocycles. The Bertz CT molecular complexity index is 590. The minimum Gasteiger partial charge on any atom is -0.258 e. The van der Waals surface area contributed by atoms with Gasteiger partial charge in [-0.2, -0.15) is 0 Å². The molecule has 0 bridgehead atoms. The normalized spacial score (nSPS) is 10.3. The fourth-order valence-electron chi connectivity index (χ4n) is 1.22. The summed E-state index contributed by atoms with van der Waals surface area (Å²) in [5.74, 6) is 0. The highest BCUT2D eigenvalue weighted by Crippen LogP contribution is 2.33. The Morgan fingerprint density at radius 2 is 1.89 bits per heavy atom. The van der Waals surface area contributed by atoms with Crippen LogP contribution in [0, 0.1) is 10.1 Å². The van der Waals surface area contributed by atoms with Crippen LogP contribution in [0.15, 0.2) is 55.4 Å². The smallest absolute Gasteiger partial charge is 0.258 e. The number of non-ortho nitro benzene ring substituents is 1. The summed E-state index contributed by atoms with van der Waals surface area (Å²) in [4.78, 5) is 15.3. The van der Waals surface area contributed by atoms with Crippen molar-refractivity contribution in [2.24, 2.45) is 0 Å². The summed E-state index contributed by atoms with van der Waals surface area (Å²) in [7, 11) is 0. The molecule has 4 nitrogen and oxygen atoms in total. The van der Waals surface area contributed by atoms with Crippen LogP contribution in [0.2, 0.25) is 0 Å². The molecule has 1 aromatic carbocycles. The molecule has 0 saturated heterocycles. The van der Waals surface area contributed by atoms with Gasteiger partial charge >= 0.3 is 0 Å². The maximum absolute atomic E-state index is 10.5. The standard InChI is InChI=1S/C11H6Br2N2O2S/c12-7-5-10(13)11(14-6-7)18-9-3-1-8(2-4-9)15(16)17/h1-6H. The molecular weight excluding hydrogens is 384 g/mol. The Hall–Kier alpha value is -0.920. The number of nitro groups is 1. The molecule has 92 valence electrons. The zero-order chi connectivity index (χ0) is 13.1. The zero-order valence-corrected chi connectivity index (χ0v) is 12.8. The molecule has 2 aromatic rings. The molecule has 0 aliphatic rings. The first-order valence-corrected chi connectivity index (χ1v) is 7.20. The molecule has 0 N–H and O–H groups in total. The zero-order valence-electron chi connectivity index (χ0n) is 8.84.